The third-order valence-corrected chi connectivity index (χ3v) is 4.61. The average molecular weight is 339 g/mol. The van der Waals surface area contributed by atoms with Crippen LogP contribution in [0.25, 0.3) is 0 Å². The first-order chi connectivity index (χ1) is 12.1. The lowest BCUT2D eigenvalue weighted by molar-refractivity contribution is -0.385. The van der Waals surface area contributed by atoms with Gasteiger partial charge in [-0.25, -0.2) is 0 Å². The molecular weight excluding hydrogens is 318 g/mol. The molecule has 130 valence electrons. The Labute approximate surface area is 146 Å². The van der Waals surface area contributed by atoms with Crippen molar-refractivity contribution >= 4 is 17.3 Å². The van der Waals surface area contributed by atoms with Crippen molar-refractivity contribution in [3.05, 3.63) is 69.3 Å². The Kier molecular flexibility index (Phi) is 4.97. The molecule has 0 aliphatic carbocycles. The van der Waals surface area contributed by atoms with Crippen molar-refractivity contribution in [2.75, 3.05) is 18.0 Å². The highest BCUT2D eigenvalue weighted by Gasteiger charge is 2.17. The molecule has 6 nitrogen and oxygen atoms in total. The van der Waals surface area contributed by atoms with E-state index in [-0.39, 0.29) is 11.6 Å². The van der Waals surface area contributed by atoms with Gasteiger partial charge in [-0.15, -0.1) is 0 Å². The molecule has 1 aliphatic rings. The highest BCUT2D eigenvalue weighted by molar-refractivity contribution is 5.96. The molecule has 0 bridgehead atoms. The van der Waals surface area contributed by atoms with E-state index in [1.165, 1.54) is 30.7 Å². The van der Waals surface area contributed by atoms with E-state index in [9.17, 15) is 14.9 Å². The van der Waals surface area contributed by atoms with Crippen LogP contribution in [0.3, 0.4) is 0 Å². The summed E-state index contributed by atoms with van der Waals surface area (Å²) in [6, 6.07) is 12.7. The number of nitrogens with one attached hydrogen (secondary N) is 1. The topological polar surface area (TPSA) is 75.5 Å². The van der Waals surface area contributed by atoms with E-state index in [4.69, 9.17) is 0 Å². The van der Waals surface area contributed by atoms with Gasteiger partial charge in [0.05, 0.1) is 4.92 Å². The number of nitro benzene ring substituents is 1. The zero-order valence-electron chi connectivity index (χ0n) is 14.2. The minimum absolute atomic E-state index is 0.0392. The summed E-state index contributed by atoms with van der Waals surface area (Å²) in [6.07, 6.45) is 2.47. The lowest BCUT2D eigenvalue weighted by atomic mass is 10.1. The van der Waals surface area contributed by atoms with Gasteiger partial charge < -0.3 is 10.2 Å². The standard InChI is InChI=1S/C19H21N3O3/c1-14-17(5-4-6-18(14)22(24)25)19(23)20-13-15-7-9-16(10-8-15)21-11-2-3-12-21/h4-10H,2-3,11-13H2,1H3,(H,20,23). The van der Waals surface area contributed by atoms with Gasteiger partial charge in [-0.05, 0) is 43.5 Å². The fraction of sp³-hybridized carbons (Fsp3) is 0.316. The number of carbonyl (C=O) groups is 1. The predicted molar refractivity (Wildman–Crippen MR) is 96.9 cm³/mol. The molecule has 0 unspecified atom stereocenters. The molecule has 1 aliphatic heterocycles. The normalized spacial score (nSPS) is 13.7. The highest BCUT2D eigenvalue weighted by atomic mass is 16.6. The molecule has 2 aromatic rings. The Balaban J connectivity index is 1.64. The van der Waals surface area contributed by atoms with Crippen molar-refractivity contribution in [2.24, 2.45) is 0 Å². The van der Waals surface area contributed by atoms with Crippen LogP contribution in [0.1, 0.15) is 34.3 Å². The molecule has 1 heterocycles. The summed E-state index contributed by atoms with van der Waals surface area (Å²) in [5.41, 5.74) is 2.89. The fourth-order valence-corrected chi connectivity index (χ4v) is 3.14. The summed E-state index contributed by atoms with van der Waals surface area (Å²) in [5, 5.41) is 13.8. The third-order valence-electron chi connectivity index (χ3n) is 4.61. The van der Waals surface area contributed by atoms with E-state index in [0.717, 1.165) is 18.7 Å². The second-order valence-corrected chi connectivity index (χ2v) is 6.25. The average Bonchev–Trinajstić information content (AvgIpc) is 3.14. The number of nitro groups is 1. The zero-order chi connectivity index (χ0) is 17.8. The Bertz CT molecular complexity index is 781. The third kappa shape index (κ3) is 3.79. The van der Waals surface area contributed by atoms with Gasteiger partial charge in [-0.1, -0.05) is 18.2 Å². The highest BCUT2D eigenvalue weighted by Crippen LogP contribution is 2.22. The van der Waals surface area contributed by atoms with Crippen LogP contribution < -0.4 is 10.2 Å². The maximum absolute atomic E-state index is 12.3. The number of hydrogen-bond donors (Lipinski definition) is 1. The molecule has 1 N–H and O–H groups in total. The second kappa shape index (κ2) is 7.34. The van der Waals surface area contributed by atoms with Crippen LogP contribution in [0, 0.1) is 17.0 Å². The molecule has 1 amide bonds. The number of benzene rings is 2. The van der Waals surface area contributed by atoms with E-state index in [0.29, 0.717) is 17.7 Å². The van der Waals surface area contributed by atoms with Crippen molar-refractivity contribution in [1.29, 1.82) is 0 Å². The van der Waals surface area contributed by atoms with Crippen LogP contribution in [0.2, 0.25) is 0 Å². The monoisotopic (exact) mass is 339 g/mol. The number of anilines is 1. The molecule has 2 aromatic carbocycles. The smallest absolute Gasteiger partial charge is 0.273 e. The second-order valence-electron chi connectivity index (χ2n) is 6.25. The van der Waals surface area contributed by atoms with Gasteiger partial charge in [-0.3, -0.25) is 14.9 Å². The van der Waals surface area contributed by atoms with Crippen LogP contribution >= 0.6 is 0 Å². The van der Waals surface area contributed by atoms with Crippen molar-refractivity contribution < 1.29 is 9.72 Å². The molecule has 1 saturated heterocycles. The number of nitrogens with zero attached hydrogens (tertiary/aromatic N) is 2. The van der Waals surface area contributed by atoms with Crippen molar-refractivity contribution in [3.63, 3.8) is 0 Å². The summed E-state index contributed by atoms with van der Waals surface area (Å²) in [5.74, 6) is -0.301. The number of carbonyl (C=O) groups excluding carboxylic acids is 1. The van der Waals surface area contributed by atoms with Crippen LogP contribution in [0.15, 0.2) is 42.5 Å². The van der Waals surface area contributed by atoms with Gasteiger partial charge in [-0.2, -0.15) is 0 Å². The Morgan fingerprint density at radius 2 is 1.84 bits per heavy atom. The first kappa shape index (κ1) is 17.0. The van der Waals surface area contributed by atoms with Gasteiger partial charge >= 0.3 is 0 Å². The van der Waals surface area contributed by atoms with Gasteiger partial charge in [0, 0.05) is 42.5 Å². The van der Waals surface area contributed by atoms with Crippen LogP contribution in [-0.4, -0.2) is 23.9 Å². The van der Waals surface area contributed by atoms with Gasteiger partial charge in [0.2, 0.25) is 0 Å². The Morgan fingerprint density at radius 1 is 1.16 bits per heavy atom. The number of amides is 1. The van der Waals surface area contributed by atoms with Crippen LogP contribution in [0.5, 0.6) is 0 Å². The Morgan fingerprint density at radius 3 is 2.48 bits per heavy atom. The maximum atomic E-state index is 12.3. The quantitative estimate of drug-likeness (QED) is 0.669. The Hall–Kier alpha value is -2.89. The lowest BCUT2D eigenvalue weighted by Gasteiger charge is -2.17. The molecule has 0 spiro atoms. The fourth-order valence-electron chi connectivity index (χ4n) is 3.14. The van der Waals surface area contributed by atoms with Gasteiger partial charge in [0.1, 0.15) is 0 Å². The molecule has 0 atom stereocenters. The van der Waals surface area contributed by atoms with Crippen molar-refractivity contribution in [2.45, 2.75) is 26.3 Å². The van der Waals surface area contributed by atoms with Crippen molar-refractivity contribution in [1.82, 2.24) is 5.32 Å². The molecule has 6 heteroatoms. The van der Waals surface area contributed by atoms with E-state index >= 15 is 0 Å². The maximum Gasteiger partial charge on any atom is 0.273 e. The first-order valence-electron chi connectivity index (χ1n) is 8.42. The SMILES string of the molecule is Cc1c(C(=O)NCc2ccc(N3CCCC3)cc2)cccc1[N+](=O)[O-]. The van der Waals surface area contributed by atoms with Crippen LogP contribution in [0.4, 0.5) is 11.4 Å². The molecular formula is C19H21N3O3. The number of rotatable bonds is 5. The van der Waals surface area contributed by atoms with Crippen molar-refractivity contribution in [3.8, 4) is 0 Å². The molecule has 25 heavy (non-hydrogen) atoms. The molecule has 1 fully saturated rings. The summed E-state index contributed by atoms with van der Waals surface area (Å²) >= 11 is 0. The number of hydrogen-bond acceptors (Lipinski definition) is 4. The largest absolute Gasteiger partial charge is 0.372 e. The molecule has 0 radical (unpaired) electrons. The molecule has 3 rings (SSSR count). The lowest BCUT2D eigenvalue weighted by Crippen LogP contribution is -2.24. The molecule has 0 aromatic heterocycles. The van der Waals surface area contributed by atoms with Gasteiger partial charge in [0.25, 0.3) is 11.6 Å². The summed E-state index contributed by atoms with van der Waals surface area (Å²) < 4.78 is 0. The summed E-state index contributed by atoms with van der Waals surface area (Å²) in [4.78, 5) is 25.2. The zero-order valence-corrected chi connectivity index (χ0v) is 14.2. The summed E-state index contributed by atoms with van der Waals surface area (Å²) in [6.45, 7) is 4.18. The van der Waals surface area contributed by atoms with Gasteiger partial charge in [0.15, 0.2) is 0 Å². The van der Waals surface area contributed by atoms with E-state index in [2.05, 4.69) is 22.3 Å². The minimum Gasteiger partial charge on any atom is -0.372 e. The van der Waals surface area contributed by atoms with E-state index in [1.807, 2.05) is 12.1 Å². The van der Waals surface area contributed by atoms with E-state index < -0.39 is 4.92 Å². The summed E-state index contributed by atoms with van der Waals surface area (Å²) in [7, 11) is 0. The van der Waals surface area contributed by atoms with E-state index in [1.54, 1.807) is 13.0 Å². The minimum atomic E-state index is -0.469. The molecule has 0 saturated carbocycles. The first-order valence-corrected chi connectivity index (χ1v) is 8.42. The predicted octanol–water partition coefficient (Wildman–Crippen LogP) is 3.43. The van der Waals surface area contributed by atoms with Crippen LogP contribution in [-0.2, 0) is 6.54 Å².